The number of hydrogen-bond donors (Lipinski definition) is 2. The molecule has 2 heterocycles. The molecule has 22 heavy (non-hydrogen) atoms. The van der Waals surface area contributed by atoms with Gasteiger partial charge in [-0.25, -0.2) is 9.97 Å². The van der Waals surface area contributed by atoms with Crippen molar-refractivity contribution >= 4 is 54.0 Å². The van der Waals surface area contributed by atoms with Gasteiger partial charge in [0.1, 0.15) is 23.0 Å². The Morgan fingerprint density at radius 2 is 1.95 bits per heavy atom. The zero-order valence-electron chi connectivity index (χ0n) is 11.2. The first-order valence-corrected chi connectivity index (χ1v) is 6.52. The first-order valence-electron chi connectivity index (χ1n) is 5.76. The Kier molecular flexibility index (Phi) is 9.39. The average molecular weight is 388 g/mol. The average Bonchev–Trinajstić information content (AvgIpc) is 2.87. The van der Waals surface area contributed by atoms with Gasteiger partial charge in [-0.1, -0.05) is 23.2 Å². The molecule has 0 amide bonds. The van der Waals surface area contributed by atoms with Crippen LogP contribution in [0.15, 0.2) is 24.7 Å². The summed E-state index contributed by atoms with van der Waals surface area (Å²) in [5, 5.41) is 0.480. The maximum absolute atomic E-state index is 11.7. The number of pyridine rings is 1. The molecule has 0 bridgehead atoms. The zero-order valence-corrected chi connectivity index (χ0v) is 14.3. The second-order valence-corrected chi connectivity index (χ2v) is 4.87. The molecule has 0 saturated heterocycles. The van der Waals surface area contributed by atoms with E-state index < -0.39 is 12.0 Å². The topological polar surface area (TPSA) is 93.9 Å². The van der Waals surface area contributed by atoms with E-state index in [0.29, 0.717) is 17.7 Å². The Bertz CT molecular complexity index is 575. The third-order valence-electron chi connectivity index (χ3n) is 2.49. The largest absolute Gasteiger partial charge is 0.460 e. The number of esters is 1. The number of H-pyrrole nitrogens is 1. The Balaban J connectivity index is 0.00000220. The molecule has 3 N–H and O–H groups in total. The smallest absolute Gasteiger partial charge is 0.323 e. The van der Waals surface area contributed by atoms with Crippen LogP contribution in [0.3, 0.4) is 0 Å². The lowest BCUT2D eigenvalue weighted by atomic mass is 10.2. The number of carbonyl (C=O) groups excluding carboxylic acids is 1. The lowest BCUT2D eigenvalue weighted by Gasteiger charge is -2.10. The van der Waals surface area contributed by atoms with Crippen LogP contribution < -0.4 is 5.73 Å². The molecule has 0 aliphatic rings. The molecule has 0 unspecified atom stereocenters. The molecule has 2 aromatic rings. The quantitative estimate of drug-likeness (QED) is 0.607. The Morgan fingerprint density at radius 3 is 2.50 bits per heavy atom. The maximum Gasteiger partial charge on any atom is 0.323 e. The standard InChI is InChI=1S/C12H12Cl2N4O2.2ClH/c13-10-1-7(2-11(14)18-10)5-20-12(19)9(15)3-8-4-16-6-17-8;;/h1-2,4,6,9H,3,5,15H2,(H,16,17);2*1H/t9-;;/m0../s1. The summed E-state index contributed by atoms with van der Waals surface area (Å²) in [7, 11) is 0. The van der Waals surface area contributed by atoms with Crippen LogP contribution in [0, 0.1) is 0 Å². The van der Waals surface area contributed by atoms with E-state index in [1.54, 1.807) is 18.3 Å². The number of carbonyl (C=O) groups is 1. The van der Waals surface area contributed by atoms with Crippen LogP contribution in [0.4, 0.5) is 0 Å². The van der Waals surface area contributed by atoms with Crippen molar-refractivity contribution in [3.05, 3.63) is 46.2 Å². The first-order chi connectivity index (χ1) is 9.54. The molecule has 0 fully saturated rings. The number of nitrogens with one attached hydrogen (secondary N) is 1. The van der Waals surface area contributed by atoms with Gasteiger partial charge in [0.15, 0.2) is 0 Å². The fourth-order valence-corrected chi connectivity index (χ4v) is 2.08. The number of ether oxygens (including phenoxy) is 1. The Morgan fingerprint density at radius 1 is 1.32 bits per heavy atom. The van der Waals surface area contributed by atoms with Gasteiger partial charge in [0.25, 0.3) is 0 Å². The van der Waals surface area contributed by atoms with E-state index in [2.05, 4.69) is 15.0 Å². The number of aromatic amines is 1. The van der Waals surface area contributed by atoms with E-state index in [1.165, 1.54) is 6.33 Å². The Labute approximate surface area is 149 Å². The number of aromatic nitrogens is 3. The number of imidazole rings is 1. The van der Waals surface area contributed by atoms with Crippen LogP contribution in [0.25, 0.3) is 0 Å². The molecule has 2 rings (SSSR count). The molecule has 0 saturated carbocycles. The molecular formula is C12H14Cl4N4O2. The van der Waals surface area contributed by atoms with Crippen LogP contribution in [0.2, 0.25) is 10.3 Å². The number of rotatable bonds is 5. The van der Waals surface area contributed by atoms with Crippen LogP contribution in [-0.2, 0) is 22.6 Å². The summed E-state index contributed by atoms with van der Waals surface area (Å²) in [5.74, 6) is -0.517. The normalized spacial score (nSPS) is 11.0. The van der Waals surface area contributed by atoms with Gasteiger partial charge in [0.05, 0.1) is 12.0 Å². The van der Waals surface area contributed by atoms with Crippen molar-refractivity contribution in [2.75, 3.05) is 0 Å². The van der Waals surface area contributed by atoms with Gasteiger partial charge in [-0.15, -0.1) is 24.8 Å². The van der Waals surface area contributed by atoms with Crippen molar-refractivity contribution in [3.8, 4) is 0 Å². The van der Waals surface area contributed by atoms with E-state index in [0.717, 1.165) is 0 Å². The van der Waals surface area contributed by atoms with Crippen LogP contribution >= 0.6 is 48.0 Å². The minimum absolute atomic E-state index is 0. The minimum atomic E-state index is -0.772. The molecule has 0 aliphatic heterocycles. The number of nitrogens with zero attached hydrogens (tertiary/aromatic N) is 2. The maximum atomic E-state index is 11.7. The molecule has 10 heteroatoms. The van der Waals surface area contributed by atoms with Crippen LogP contribution in [-0.4, -0.2) is 27.0 Å². The fraction of sp³-hybridized carbons (Fsp3) is 0.250. The van der Waals surface area contributed by atoms with Gasteiger partial charge >= 0.3 is 5.97 Å². The minimum Gasteiger partial charge on any atom is -0.460 e. The molecule has 0 aromatic carbocycles. The van der Waals surface area contributed by atoms with Crippen molar-refractivity contribution in [2.24, 2.45) is 5.73 Å². The van der Waals surface area contributed by atoms with E-state index in [1.807, 2.05) is 0 Å². The summed E-state index contributed by atoms with van der Waals surface area (Å²) in [6.45, 7) is 0.0368. The molecule has 0 spiro atoms. The summed E-state index contributed by atoms with van der Waals surface area (Å²) >= 11 is 11.5. The SMILES string of the molecule is Cl.Cl.N[C@@H](Cc1c[nH]cn1)C(=O)OCc1cc(Cl)nc(Cl)c1. The van der Waals surface area contributed by atoms with Crippen molar-refractivity contribution in [1.82, 2.24) is 15.0 Å². The second-order valence-electron chi connectivity index (χ2n) is 4.10. The molecule has 2 aromatic heterocycles. The molecular weight excluding hydrogens is 374 g/mol. The molecule has 0 aliphatic carbocycles. The summed E-state index contributed by atoms with van der Waals surface area (Å²) in [5.41, 5.74) is 7.09. The summed E-state index contributed by atoms with van der Waals surface area (Å²) in [6.07, 6.45) is 3.50. The van der Waals surface area contributed by atoms with Crippen molar-refractivity contribution in [2.45, 2.75) is 19.1 Å². The van der Waals surface area contributed by atoms with Gasteiger partial charge in [-0.2, -0.15) is 0 Å². The highest BCUT2D eigenvalue weighted by Gasteiger charge is 2.17. The third-order valence-corrected chi connectivity index (χ3v) is 2.88. The van der Waals surface area contributed by atoms with E-state index >= 15 is 0 Å². The summed E-state index contributed by atoms with van der Waals surface area (Å²) in [6, 6.07) is 2.37. The van der Waals surface area contributed by atoms with Gasteiger partial charge in [0, 0.05) is 12.6 Å². The van der Waals surface area contributed by atoms with Crippen molar-refractivity contribution in [1.29, 1.82) is 0 Å². The molecule has 0 radical (unpaired) electrons. The zero-order chi connectivity index (χ0) is 14.5. The predicted octanol–water partition coefficient (Wildman–Crippen LogP) is 2.57. The predicted molar refractivity (Wildman–Crippen MR) is 88.8 cm³/mol. The number of hydrogen-bond acceptors (Lipinski definition) is 5. The lowest BCUT2D eigenvalue weighted by molar-refractivity contribution is -0.146. The highest BCUT2D eigenvalue weighted by molar-refractivity contribution is 6.32. The molecule has 6 nitrogen and oxygen atoms in total. The third kappa shape index (κ3) is 6.37. The van der Waals surface area contributed by atoms with Gasteiger partial charge in [0.2, 0.25) is 0 Å². The monoisotopic (exact) mass is 386 g/mol. The van der Waals surface area contributed by atoms with Gasteiger partial charge in [-0.05, 0) is 17.7 Å². The first kappa shape index (κ1) is 20.9. The van der Waals surface area contributed by atoms with Gasteiger partial charge < -0.3 is 15.5 Å². The highest BCUT2D eigenvalue weighted by Crippen LogP contribution is 2.15. The number of nitrogens with two attached hydrogens (primary N) is 1. The summed E-state index contributed by atoms with van der Waals surface area (Å²) < 4.78 is 5.10. The van der Waals surface area contributed by atoms with E-state index in [-0.39, 0.29) is 41.7 Å². The summed E-state index contributed by atoms with van der Waals surface area (Å²) in [4.78, 5) is 22.3. The second kappa shape index (κ2) is 9.86. The molecule has 1 atom stereocenters. The molecule has 122 valence electrons. The highest BCUT2D eigenvalue weighted by atomic mass is 35.5. The van der Waals surface area contributed by atoms with Crippen molar-refractivity contribution in [3.63, 3.8) is 0 Å². The number of halogens is 4. The van der Waals surface area contributed by atoms with E-state index in [4.69, 9.17) is 33.7 Å². The van der Waals surface area contributed by atoms with Crippen LogP contribution in [0.5, 0.6) is 0 Å². The van der Waals surface area contributed by atoms with E-state index in [9.17, 15) is 4.79 Å². The van der Waals surface area contributed by atoms with Crippen LogP contribution in [0.1, 0.15) is 11.3 Å². The lowest BCUT2D eigenvalue weighted by Crippen LogP contribution is -2.34. The van der Waals surface area contributed by atoms with Gasteiger partial charge in [-0.3, -0.25) is 4.79 Å². The van der Waals surface area contributed by atoms with Crippen molar-refractivity contribution < 1.29 is 9.53 Å². The Hall–Kier alpha value is -1.05. The fourth-order valence-electron chi connectivity index (χ4n) is 1.57.